The Morgan fingerprint density at radius 3 is 2.32 bits per heavy atom. The lowest BCUT2D eigenvalue weighted by molar-refractivity contribution is 0.134. The highest BCUT2D eigenvalue weighted by Crippen LogP contribution is 2.22. The van der Waals surface area contributed by atoms with E-state index in [9.17, 15) is 0 Å². The second kappa shape index (κ2) is 7.90. The lowest BCUT2D eigenvalue weighted by Crippen LogP contribution is -2.33. The molecule has 2 aromatic rings. The Balaban J connectivity index is 1.67. The standard InChI is InChI=1S/C19H24N6/c1-4-25(14-16-8-6-5-7-9-16)18-12-10-17(11-13-18)21-22-19-20-15-23(2)24(19)3/h5-13H,4,14-15H2,1-3H3. The Morgan fingerprint density at radius 2 is 1.72 bits per heavy atom. The average molecular weight is 336 g/mol. The van der Waals surface area contributed by atoms with Crippen molar-refractivity contribution in [2.75, 3.05) is 32.2 Å². The first-order chi connectivity index (χ1) is 12.2. The predicted octanol–water partition coefficient (Wildman–Crippen LogP) is 3.90. The largest absolute Gasteiger partial charge is 0.367 e. The summed E-state index contributed by atoms with van der Waals surface area (Å²) in [6.45, 7) is 4.63. The van der Waals surface area contributed by atoms with E-state index in [-0.39, 0.29) is 0 Å². The van der Waals surface area contributed by atoms with Crippen molar-refractivity contribution in [1.29, 1.82) is 0 Å². The molecule has 0 amide bonds. The number of hydrogen-bond donors (Lipinski definition) is 0. The summed E-state index contributed by atoms with van der Waals surface area (Å²) in [5.74, 6) is 0.630. The molecule has 1 heterocycles. The maximum absolute atomic E-state index is 4.32. The summed E-state index contributed by atoms with van der Waals surface area (Å²) in [5.41, 5.74) is 3.31. The molecule has 0 aromatic heterocycles. The summed E-state index contributed by atoms with van der Waals surface area (Å²) >= 11 is 0. The van der Waals surface area contributed by atoms with Crippen LogP contribution in [0.15, 0.2) is 69.8 Å². The Hall–Kier alpha value is -2.73. The highest BCUT2D eigenvalue weighted by atomic mass is 15.7. The molecule has 0 N–H and O–H groups in total. The molecule has 130 valence electrons. The normalized spacial score (nSPS) is 15.0. The number of hydrazine groups is 1. The van der Waals surface area contributed by atoms with Gasteiger partial charge in [0.15, 0.2) is 0 Å². The fourth-order valence-corrected chi connectivity index (χ4v) is 2.63. The van der Waals surface area contributed by atoms with Crippen LogP contribution in [0.5, 0.6) is 0 Å². The van der Waals surface area contributed by atoms with E-state index in [1.165, 1.54) is 11.3 Å². The molecular weight excluding hydrogens is 312 g/mol. The van der Waals surface area contributed by atoms with Gasteiger partial charge in [0.25, 0.3) is 5.96 Å². The van der Waals surface area contributed by atoms with Crippen LogP contribution in [0.2, 0.25) is 0 Å². The molecule has 0 fully saturated rings. The van der Waals surface area contributed by atoms with Gasteiger partial charge in [0.2, 0.25) is 0 Å². The lowest BCUT2D eigenvalue weighted by Gasteiger charge is -2.23. The number of guanidine groups is 1. The predicted molar refractivity (Wildman–Crippen MR) is 102 cm³/mol. The highest BCUT2D eigenvalue weighted by molar-refractivity contribution is 5.81. The van der Waals surface area contributed by atoms with Gasteiger partial charge in [-0.1, -0.05) is 30.3 Å². The zero-order chi connectivity index (χ0) is 17.6. The van der Waals surface area contributed by atoms with E-state index < -0.39 is 0 Å². The molecule has 0 atom stereocenters. The number of benzene rings is 2. The van der Waals surface area contributed by atoms with Gasteiger partial charge in [-0.05, 0) is 36.8 Å². The molecular formula is C19H24N6. The Bertz CT molecular complexity index is 738. The SMILES string of the molecule is CCN(Cc1ccccc1)c1ccc(N=NC2=NCN(C)N2C)cc1. The van der Waals surface area contributed by atoms with Gasteiger partial charge >= 0.3 is 0 Å². The molecule has 0 saturated heterocycles. The smallest absolute Gasteiger partial charge is 0.256 e. The molecule has 0 unspecified atom stereocenters. The van der Waals surface area contributed by atoms with E-state index in [1.807, 2.05) is 42.3 Å². The zero-order valence-electron chi connectivity index (χ0n) is 15.0. The molecule has 1 aliphatic heterocycles. The number of anilines is 1. The average Bonchev–Trinajstić information content (AvgIpc) is 2.98. The molecule has 0 radical (unpaired) electrons. The van der Waals surface area contributed by atoms with Crippen LogP contribution >= 0.6 is 0 Å². The van der Waals surface area contributed by atoms with E-state index in [4.69, 9.17) is 0 Å². The molecule has 0 bridgehead atoms. The molecule has 1 aliphatic rings. The second-order valence-electron chi connectivity index (χ2n) is 6.00. The number of hydrogen-bond acceptors (Lipinski definition) is 6. The molecule has 0 aliphatic carbocycles. The van der Waals surface area contributed by atoms with Crippen molar-refractivity contribution in [2.24, 2.45) is 15.2 Å². The molecule has 3 rings (SSSR count). The molecule has 6 heteroatoms. The van der Waals surface area contributed by atoms with Crippen LogP contribution in [-0.4, -0.2) is 43.3 Å². The number of nitrogens with zero attached hydrogens (tertiary/aromatic N) is 6. The second-order valence-corrected chi connectivity index (χ2v) is 6.00. The van der Waals surface area contributed by atoms with Crippen molar-refractivity contribution in [1.82, 2.24) is 10.0 Å². The quantitative estimate of drug-likeness (QED) is 0.778. The lowest BCUT2D eigenvalue weighted by atomic mass is 10.2. The summed E-state index contributed by atoms with van der Waals surface area (Å²) in [7, 11) is 3.89. The first-order valence-electron chi connectivity index (χ1n) is 8.47. The number of aliphatic imine (C=N–C) groups is 1. The third-order valence-electron chi connectivity index (χ3n) is 4.29. The minimum Gasteiger partial charge on any atom is -0.367 e. The van der Waals surface area contributed by atoms with Crippen molar-refractivity contribution >= 4 is 17.3 Å². The van der Waals surface area contributed by atoms with Gasteiger partial charge in [-0.2, -0.15) is 0 Å². The summed E-state index contributed by atoms with van der Waals surface area (Å²) in [4.78, 5) is 6.65. The van der Waals surface area contributed by atoms with Crippen molar-refractivity contribution in [3.63, 3.8) is 0 Å². The maximum Gasteiger partial charge on any atom is 0.256 e. The molecule has 0 spiro atoms. The van der Waals surface area contributed by atoms with Gasteiger partial charge < -0.3 is 4.90 Å². The first-order valence-corrected chi connectivity index (χ1v) is 8.47. The van der Waals surface area contributed by atoms with Crippen LogP contribution < -0.4 is 4.90 Å². The minimum absolute atomic E-state index is 0.620. The molecule has 6 nitrogen and oxygen atoms in total. The Labute approximate surface area is 149 Å². The number of rotatable bonds is 5. The fourth-order valence-electron chi connectivity index (χ4n) is 2.63. The van der Waals surface area contributed by atoms with Crippen LogP contribution in [0.3, 0.4) is 0 Å². The van der Waals surface area contributed by atoms with Gasteiger partial charge in [0.1, 0.15) is 6.67 Å². The van der Waals surface area contributed by atoms with Gasteiger partial charge in [0, 0.05) is 32.9 Å². The van der Waals surface area contributed by atoms with Crippen molar-refractivity contribution in [3.8, 4) is 0 Å². The summed E-state index contributed by atoms with van der Waals surface area (Å²) in [5, 5.41) is 12.4. The zero-order valence-corrected chi connectivity index (χ0v) is 15.0. The van der Waals surface area contributed by atoms with Gasteiger partial charge in [-0.25, -0.2) is 10.0 Å². The van der Waals surface area contributed by atoms with E-state index in [2.05, 4.69) is 63.4 Å². The molecule has 2 aromatic carbocycles. The third-order valence-corrected chi connectivity index (χ3v) is 4.29. The minimum atomic E-state index is 0.620. The van der Waals surface area contributed by atoms with Gasteiger partial charge in [-0.3, -0.25) is 5.01 Å². The van der Waals surface area contributed by atoms with Crippen LogP contribution in [0.4, 0.5) is 11.4 Å². The molecule has 25 heavy (non-hydrogen) atoms. The maximum atomic E-state index is 4.32. The van der Waals surface area contributed by atoms with Crippen LogP contribution in [0.1, 0.15) is 12.5 Å². The Morgan fingerprint density at radius 1 is 1.00 bits per heavy atom. The van der Waals surface area contributed by atoms with Crippen LogP contribution in [0, 0.1) is 0 Å². The summed E-state index contributed by atoms with van der Waals surface area (Å²) < 4.78 is 0. The van der Waals surface area contributed by atoms with Crippen molar-refractivity contribution in [2.45, 2.75) is 13.5 Å². The van der Waals surface area contributed by atoms with Crippen LogP contribution in [-0.2, 0) is 6.54 Å². The first kappa shape index (κ1) is 17.1. The van der Waals surface area contributed by atoms with Crippen LogP contribution in [0.25, 0.3) is 0 Å². The van der Waals surface area contributed by atoms with E-state index in [1.54, 1.807) is 0 Å². The van der Waals surface area contributed by atoms with Crippen molar-refractivity contribution in [3.05, 3.63) is 60.2 Å². The Kier molecular flexibility index (Phi) is 5.40. The highest BCUT2D eigenvalue weighted by Gasteiger charge is 2.17. The van der Waals surface area contributed by atoms with E-state index >= 15 is 0 Å². The summed E-state index contributed by atoms with van der Waals surface area (Å²) in [6.07, 6.45) is 0. The monoisotopic (exact) mass is 336 g/mol. The molecule has 0 saturated carbocycles. The third kappa shape index (κ3) is 4.22. The summed E-state index contributed by atoms with van der Waals surface area (Å²) in [6, 6.07) is 18.7. The number of azo groups is 1. The van der Waals surface area contributed by atoms with Gasteiger partial charge in [-0.15, -0.1) is 10.2 Å². The van der Waals surface area contributed by atoms with Crippen molar-refractivity contribution < 1.29 is 0 Å². The topological polar surface area (TPSA) is 46.8 Å². The van der Waals surface area contributed by atoms with E-state index in [0.29, 0.717) is 12.6 Å². The fraction of sp³-hybridized carbons (Fsp3) is 0.316. The van der Waals surface area contributed by atoms with E-state index in [0.717, 1.165) is 18.8 Å². The van der Waals surface area contributed by atoms with Gasteiger partial charge in [0.05, 0.1) is 5.69 Å².